The number of carboxylic acids is 1. The van der Waals surface area contributed by atoms with E-state index in [-0.39, 0.29) is 0 Å². The van der Waals surface area contributed by atoms with Gasteiger partial charge in [0.2, 0.25) is 0 Å². The lowest BCUT2D eigenvalue weighted by molar-refractivity contribution is -0.141. The Bertz CT molecular complexity index is 357. The smallest absolute Gasteiger partial charge is 0.306 e. The summed E-state index contributed by atoms with van der Waals surface area (Å²) in [4.78, 5) is 14.7. The molecule has 0 fully saturated rings. The van der Waals surface area contributed by atoms with Crippen molar-refractivity contribution in [2.75, 3.05) is 0 Å². The molecular weight excluding hydrogens is 217 g/mol. The quantitative estimate of drug-likeness (QED) is 0.866. The molecule has 0 aromatic carbocycles. The van der Waals surface area contributed by atoms with Crippen LogP contribution in [0, 0.1) is 5.92 Å². The van der Waals surface area contributed by atoms with Gasteiger partial charge in [0.25, 0.3) is 0 Å². The molecule has 0 spiro atoms. The van der Waals surface area contributed by atoms with Gasteiger partial charge in [0, 0.05) is 11.8 Å². The van der Waals surface area contributed by atoms with Crippen molar-refractivity contribution >= 4 is 17.3 Å². The molecule has 0 bridgehead atoms. The Hall–Kier alpha value is -0.970. The molecule has 0 radical (unpaired) electrons. The number of thiazole rings is 1. The average Bonchev–Trinajstić information content (AvgIpc) is 2.51. The summed E-state index contributed by atoms with van der Waals surface area (Å²) in [5, 5.41) is 10.8. The van der Waals surface area contributed by atoms with Crippen LogP contribution in [0.1, 0.15) is 31.5 Å². The monoisotopic (exact) mass is 231 g/mol. The summed E-state index contributed by atoms with van der Waals surface area (Å²) in [6, 6.07) is 0. The molecule has 0 aliphatic carbocycles. The summed E-state index contributed by atoms with van der Waals surface area (Å²) in [6.07, 6.45) is 0.349. The predicted octanol–water partition coefficient (Wildman–Crippen LogP) is 2.61. The molecule has 1 aromatic rings. The van der Waals surface area contributed by atoms with Crippen molar-refractivity contribution in [1.82, 2.24) is 4.98 Å². The lowest BCUT2D eigenvalue weighted by Gasteiger charge is -2.09. The van der Waals surface area contributed by atoms with Gasteiger partial charge in [0.05, 0.1) is 11.6 Å². The molecule has 0 saturated carbocycles. The van der Waals surface area contributed by atoms with Crippen molar-refractivity contribution in [2.45, 2.75) is 32.9 Å². The van der Waals surface area contributed by atoms with Gasteiger partial charge < -0.3 is 5.11 Å². The van der Waals surface area contributed by atoms with E-state index in [1.165, 1.54) is 25.2 Å². The van der Waals surface area contributed by atoms with E-state index in [0.29, 0.717) is 17.1 Å². The van der Waals surface area contributed by atoms with Gasteiger partial charge in [-0.3, -0.25) is 4.79 Å². The Balaban J connectivity index is 2.73. The second kappa shape index (κ2) is 4.26. The number of rotatable bonds is 4. The van der Waals surface area contributed by atoms with Gasteiger partial charge in [-0.15, -0.1) is 11.3 Å². The highest BCUT2D eigenvalue weighted by atomic mass is 32.1. The Morgan fingerprint density at radius 1 is 1.73 bits per heavy atom. The molecule has 1 aromatic heterocycles. The lowest BCUT2D eigenvalue weighted by atomic mass is 10.1. The molecule has 1 N–H and O–H groups in total. The van der Waals surface area contributed by atoms with E-state index in [4.69, 9.17) is 5.11 Å². The van der Waals surface area contributed by atoms with Crippen LogP contribution < -0.4 is 0 Å². The standard InChI is InChI=1S/C10H14FNO2S/c1-6(8(13)14)4-7-5-15-9(12-7)10(2,3)11/h5-6H,4H2,1-3H3,(H,13,14). The molecule has 15 heavy (non-hydrogen) atoms. The van der Waals surface area contributed by atoms with Crippen molar-refractivity contribution < 1.29 is 14.3 Å². The average molecular weight is 231 g/mol. The van der Waals surface area contributed by atoms with Gasteiger partial charge in [-0.05, 0) is 13.8 Å². The van der Waals surface area contributed by atoms with E-state index in [1.54, 1.807) is 12.3 Å². The zero-order valence-corrected chi connectivity index (χ0v) is 9.77. The number of halogens is 1. The number of nitrogens with zero attached hydrogens (tertiary/aromatic N) is 1. The minimum atomic E-state index is -1.45. The van der Waals surface area contributed by atoms with Crippen LogP contribution in [-0.4, -0.2) is 16.1 Å². The maximum Gasteiger partial charge on any atom is 0.306 e. The Labute approximate surface area is 92.0 Å². The number of hydrogen-bond donors (Lipinski definition) is 1. The highest BCUT2D eigenvalue weighted by Crippen LogP contribution is 2.28. The fraction of sp³-hybridized carbons (Fsp3) is 0.600. The first-order valence-electron chi connectivity index (χ1n) is 4.67. The first-order chi connectivity index (χ1) is 6.80. The Kier molecular flexibility index (Phi) is 3.44. The SMILES string of the molecule is CC(Cc1csc(C(C)(C)F)n1)C(=O)O. The lowest BCUT2D eigenvalue weighted by Crippen LogP contribution is -2.13. The van der Waals surface area contributed by atoms with E-state index in [1.807, 2.05) is 0 Å². The van der Waals surface area contributed by atoms with Crippen LogP contribution in [0.4, 0.5) is 4.39 Å². The van der Waals surface area contributed by atoms with E-state index in [0.717, 1.165) is 0 Å². The van der Waals surface area contributed by atoms with Gasteiger partial charge >= 0.3 is 5.97 Å². The highest BCUT2D eigenvalue weighted by Gasteiger charge is 2.23. The zero-order valence-electron chi connectivity index (χ0n) is 8.95. The summed E-state index contributed by atoms with van der Waals surface area (Å²) >= 11 is 1.23. The summed E-state index contributed by atoms with van der Waals surface area (Å²) in [6.45, 7) is 4.49. The van der Waals surface area contributed by atoms with Gasteiger partial charge in [-0.1, -0.05) is 6.92 Å². The minimum Gasteiger partial charge on any atom is -0.481 e. The normalized spacial score (nSPS) is 13.9. The van der Waals surface area contributed by atoms with Gasteiger partial charge in [-0.25, -0.2) is 9.37 Å². The first kappa shape index (κ1) is 12.1. The first-order valence-corrected chi connectivity index (χ1v) is 5.55. The maximum atomic E-state index is 13.5. The van der Waals surface area contributed by atoms with Crippen LogP contribution in [0.25, 0.3) is 0 Å². The third kappa shape index (κ3) is 3.27. The van der Waals surface area contributed by atoms with Crippen molar-refractivity contribution in [2.24, 2.45) is 5.92 Å². The van der Waals surface area contributed by atoms with Crippen LogP contribution in [-0.2, 0) is 16.9 Å². The number of aromatic nitrogens is 1. The summed E-state index contributed by atoms with van der Waals surface area (Å²) in [5.41, 5.74) is -0.800. The minimum absolute atomic E-state index is 0.349. The molecule has 5 heteroatoms. The molecule has 1 heterocycles. The largest absolute Gasteiger partial charge is 0.481 e. The number of alkyl halides is 1. The molecule has 3 nitrogen and oxygen atoms in total. The summed E-state index contributed by atoms with van der Waals surface area (Å²) < 4.78 is 13.5. The number of carboxylic acid groups (broad SMARTS) is 1. The Morgan fingerprint density at radius 3 is 2.73 bits per heavy atom. The van der Waals surface area contributed by atoms with Crippen LogP contribution in [0.2, 0.25) is 0 Å². The van der Waals surface area contributed by atoms with Crippen molar-refractivity contribution in [3.63, 3.8) is 0 Å². The topological polar surface area (TPSA) is 50.2 Å². The van der Waals surface area contributed by atoms with Gasteiger partial charge in [-0.2, -0.15) is 0 Å². The molecule has 1 atom stereocenters. The third-order valence-corrected chi connectivity index (χ3v) is 3.19. The molecule has 0 aliphatic rings. The molecule has 1 rings (SSSR count). The second-order valence-electron chi connectivity index (χ2n) is 4.06. The van der Waals surface area contributed by atoms with E-state index < -0.39 is 17.6 Å². The third-order valence-electron chi connectivity index (χ3n) is 2.00. The summed E-state index contributed by atoms with van der Waals surface area (Å²) in [5.74, 6) is -1.34. The van der Waals surface area contributed by atoms with Crippen molar-refractivity contribution in [3.8, 4) is 0 Å². The number of aliphatic carboxylic acids is 1. The van der Waals surface area contributed by atoms with E-state index >= 15 is 0 Å². The fourth-order valence-electron chi connectivity index (χ4n) is 1.07. The van der Waals surface area contributed by atoms with Crippen LogP contribution in [0.5, 0.6) is 0 Å². The molecular formula is C10H14FNO2S. The van der Waals surface area contributed by atoms with Crippen molar-refractivity contribution in [1.29, 1.82) is 0 Å². The van der Waals surface area contributed by atoms with E-state index in [9.17, 15) is 9.18 Å². The van der Waals surface area contributed by atoms with Gasteiger partial charge in [0.15, 0.2) is 5.67 Å². The molecule has 1 unspecified atom stereocenters. The molecule has 0 amide bonds. The van der Waals surface area contributed by atoms with Crippen LogP contribution in [0.15, 0.2) is 5.38 Å². The predicted molar refractivity (Wildman–Crippen MR) is 56.8 cm³/mol. The Morgan fingerprint density at radius 2 is 2.33 bits per heavy atom. The fourth-order valence-corrected chi connectivity index (χ4v) is 1.92. The number of carbonyl (C=O) groups is 1. The maximum absolute atomic E-state index is 13.5. The zero-order chi connectivity index (χ0) is 11.6. The summed E-state index contributed by atoms with van der Waals surface area (Å²) in [7, 11) is 0. The van der Waals surface area contributed by atoms with Crippen LogP contribution >= 0.6 is 11.3 Å². The van der Waals surface area contributed by atoms with E-state index in [2.05, 4.69) is 4.98 Å². The number of hydrogen-bond acceptors (Lipinski definition) is 3. The van der Waals surface area contributed by atoms with Gasteiger partial charge in [0.1, 0.15) is 5.01 Å². The molecule has 0 saturated heterocycles. The van der Waals surface area contributed by atoms with Crippen LogP contribution in [0.3, 0.4) is 0 Å². The van der Waals surface area contributed by atoms with Crippen molar-refractivity contribution in [3.05, 3.63) is 16.1 Å². The molecule has 0 aliphatic heterocycles. The highest BCUT2D eigenvalue weighted by molar-refractivity contribution is 7.09. The second-order valence-corrected chi connectivity index (χ2v) is 4.92. The molecule has 84 valence electrons.